The van der Waals surface area contributed by atoms with Crippen LogP contribution in [-0.2, 0) is 5.41 Å². The summed E-state index contributed by atoms with van der Waals surface area (Å²) in [7, 11) is 0. The summed E-state index contributed by atoms with van der Waals surface area (Å²) >= 11 is 0. The predicted molar refractivity (Wildman–Crippen MR) is 83.9 cm³/mol. The molecule has 0 saturated carbocycles. The van der Waals surface area contributed by atoms with Crippen molar-refractivity contribution in [3.8, 4) is 5.75 Å². The molecule has 19 heavy (non-hydrogen) atoms. The second-order valence-electron chi connectivity index (χ2n) is 7.35. The zero-order valence-electron chi connectivity index (χ0n) is 13.5. The van der Waals surface area contributed by atoms with E-state index >= 15 is 0 Å². The van der Waals surface area contributed by atoms with Gasteiger partial charge in [0.15, 0.2) is 0 Å². The summed E-state index contributed by atoms with van der Waals surface area (Å²) in [6, 6.07) is 8.64. The summed E-state index contributed by atoms with van der Waals surface area (Å²) in [5.74, 6) is 0.990. The van der Waals surface area contributed by atoms with Crippen molar-refractivity contribution in [1.82, 2.24) is 0 Å². The van der Waals surface area contributed by atoms with E-state index in [9.17, 15) is 0 Å². The number of ether oxygens (including phenoxy) is 1. The van der Waals surface area contributed by atoms with E-state index in [1.165, 1.54) is 18.4 Å². The topological polar surface area (TPSA) is 9.23 Å². The first-order valence-corrected chi connectivity index (χ1v) is 7.48. The molecule has 0 aliphatic rings. The first kappa shape index (κ1) is 16.1. The highest BCUT2D eigenvalue weighted by Crippen LogP contribution is 2.36. The molecule has 0 atom stereocenters. The summed E-state index contributed by atoms with van der Waals surface area (Å²) in [4.78, 5) is 0. The zero-order chi connectivity index (χ0) is 14.5. The molecule has 0 aromatic heterocycles. The molecule has 0 N–H and O–H groups in total. The van der Waals surface area contributed by atoms with Gasteiger partial charge >= 0.3 is 0 Å². The Hall–Kier alpha value is -0.980. The van der Waals surface area contributed by atoms with E-state index in [1.807, 2.05) is 0 Å². The highest BCUT2D eigenvalue weighted by Gasteiger charge is 2.27. The second-order valence-corrected chi connectivity index (χ2v) is 7.35. The van der Waals surface area contributed by atoms with Gasteiger partial charge in [0.2, 0.25) is 0 Å². The fourth-order valence-corrected chi connectivity index (χ4v) is 2.76. The van der Waals surface area contributed by atoms with Crippen LogP contribution in [0, 0.1) is 5.41 Å². The van der Waals surface area contributed by atoms with Gasteiger partial charge in [-0.05, 0) is 41.4 Å². The van der Waals surface area contributed by atoms with Crippen molar-refractivity contribution >= 4 is 0 Å². The lowest BCUT2D eigenvalue weighted by molar-refractivity contribution is 0.283. The molecule has 1 aromatic carbocycles. The SMILES string of the molecule is CCCCOc1ccc(C(C)(C)CC(C)(C)C)cc1. The van der Waals surface area contributed by atoms with Gasteiger partial charge in [-0.2, -0.15) is 0 Å². The molecule has 0 aliphatic carbocycles. The largest absolute Gasteiger partial charge is 0.494 e. The van der Waals surface area contributed by atoms with Crippen molar-refractivity contribution in [2.75, 3.05) is 6.61 Å². The van der Waals surface area contributed by atoms with Gasteiger partial charge in [-0.1, -0.05) is 60.1 Å². The van der Waals surface area contributed by atoms with Gasteiger partial charge in [0, 0.05) is 0 Å². The monoisotopic (exact) mass is 262 g/mol. The maximum Gasteiger partial charge on any atom is 0.119 e. The Morgan fingerprint density at radius 1 is 0.947 bits per heavy atom. The minimum atomic E-state index is 0.209. The number of hydrogen-bond acceptors (Lipinski definition) is 1. The molecule has 0 amide bonds. The Balaban J connectivity index is 2.69. The van der Waals surface area contributed by atoms with E-state index in [-0.39, 0.29) is 5.41 Å². The maximum absolute atomic E-state index is 5.71. The minimum absolute atomic E-state index is 0.209. The second kappa shape index (κ2) is 6.45. The van der Waals surface area contributed by atoms with Crippen molar-refractivity contribution in [2.45, 2.75) is 66.2 Å². The number of benzene rings is 1. The molecule has 1 aromatic rings. The van der Waals surface area contributed by atoms with E-state index in [1.54, 1.807) is 0 Å². The van der Waals surface area contributed by atoms with Crippen LogP contribution in [0.25, 0.3) is 0 Å². The van der Waals surface area contributed by atoms with Crippen LogP contribution in [0.1, 0.15) is 66.4 Å². The van der Waals surface area contributed by atoms with Crippen LogP contribution in [0.4, 0.5) is 0 Å². The first-order chi connectivity index (χ1) is 8.74. The Morgan fingerprint density at radius 3 is 2.00 bits per heavy atom. The molecule has 0 radical (unpaired) electrons. The average Bonchev–Trinajstić information content (AvgIpc) is 2.27. The molecule has 1 nitrogen and oxygen atoms in total. The van der Waals surface area contributed by atoms with Crippen LogP contribution in [0.3, 0.4) is 0 Å². The Morgan fingerprint density at radius 2 is 1.53 bits per heavy atom. The van der Waals surface area contributed by atoms with Crippen LogP contribution in [-0.4, -0.2) is 6.61 Å². The quantitative estimate of drug-likeness (QED) is 0.608. The first-order valence-electron chi connectivity index (χ1n) is 7.48. The van der Waals surface area contributed by atoms with Crippen LogP contribution in [0.15, 0.2) is 24.3 Å². The molecule has 0 fully saturated rings. The molecular formula is C18H30O. The Bertz CT molecular complexity index is 368. The molecule has 0 unspecified atom stereocenters. The summed E-state index contributed by atoms with van der Waals surface area (Å²) in [5, 5.41) is 0. The summed E-state index contributed by atoms with van der Waals surface area (Å²) in [6.45, 7) is 14.6. The zero-order valence-corrected chi connectivity index (χ0v) is 13.5. The Kier molecular flexibility index (Phi) is 5.46. The number of unbranched alkanes of at least 4 members (excludes halogenated alkanes) is 1. The third kappa shape index (κ3) is 5.67. The van der Waals surface area contributed by atoms with Crippen molar-refractivity contribution in [3.05, 3.63) is 29.8 Å². The lowest BCUT2D eigenvalue weighted by Crippen LogP contribution is -2.24. The van der Waals surface area contributed by atoms with E-state index in [0.29, 0.717) is 5.41 Å². The fourth-order valence-electron chi connectivity index (χ4n) is 2.76. The summed E-state index contributed by atoms with van der Waals surface area (Å²) in [5.41, 5.74) is 1.95. The number of hydrogen-bond donors (Lipinski definition) is 0. The molecule has 1 heteroatoms. The molecule has 1 rings (SSSR count). The molecule has 108 valence electrons. The van der Waals surface area contributed by atoms with Gasteiger partial charge in [0.1, 0.15) is 5.75 Å². The predicted octanol–water partition coefficient (Wildman–Crippen LogP) is 5.58. The van der Waals surface area contributed by atoms with Crippen molar-refractivity contribution in [2.24, 2.45) is 5.41 Å². The smallest absolute Gasteiger partial charge is 0.119 e. The van der Waals surface area contributed by atoms with E-state index < -0.39 is 0 Å². The van der Waals surface area contributed by atoms with Crippen molar-refractivity contribution in [3.63, 3.8) is 0 Å². The minimum Gasteiger partial charge on any atom is -0.494 e. The van der Waals surface area contributed by atoms with E-state index in [0.717, 1.165) is 18.8 Å². The van der Waals surface area contributed by atoms with Gasteiger partial charge in [-0.3, -0.25) is 0 Å². The van der Waals surface area contributed by atoms with Gasteiger partial charge in [-0.25, -0.2) is 0 Å². The third-order valence-corrected chi connectivity index (χ3v) is 3.37. The maximum atomic E-state index is 5.71. The van der Waals surface area contributed by atoms with Gasteiger partial charge in [0.05, 0.1) is 6.61 Å². The van der Waals surface area contributed by atoms with Crippen LogP contribution < -0.4 is 4.74 Å². The summed E-state index contributed by atoms with van der Waals surface area (Å²) < 4.78 is 5.71. The van der Waals surface area contributed by atoms with Crippen LogP contribution in [0.2, 0.25) is 0 Å². The average molecular weight is 262 g/mol. The highest BCUT2D eigenvalue weighted by molar-refractivity contribution is 5.31. The third-order valence-electron chi connectivity index (χ3n) is 3.37. The van der Waals surface area contributed by atoms with Crippen molar-refractivity contribution in [1.29, 1.82) is 0 Å². The molecule has 0 aliphatic heterocycles. The molecular weight excluding hydrogens is 232 g/mol. The number of rotatable bonds is 6. The van der Waals surface area contributed by atoms with Crippen LogP contribution in [0.5, 0.6) is 5.75 Å². The molecule has 0 heterocycles. The summed E-state index contributed by atoms with van der Waals surface area (Å²) in [6.07, 6.45) is 3.48. The lowest BCUT2D eigenvalue weighted by atomic mass is 9.72. The molecule has 0 saturated heterocycles. The van der Waals surface area contributed by atoms with Gasteiger partial charge in [0.25, 0.3) is 0 Å². The Labute approximate surface area is 119 Å². The standard InChI is InChI=1S/C18H30O/c1-7-8-13-19-16-11-9-15(10-12-16)18(5,6)14-17(2,3)4/h9-12H,7-8,13-14H2,1-6H3. The normalized spacial score (nSPS) is 12.5. The highest BCUT2D eigenvalue weighted by atomic mass is 16.5. The van der Waals surface area contributed by atoms with Gasteiger partial charge < -0.3 is 4.74 Å². The van der Waals surface area contributed by atoms with E-state index in [4.69, 9.17) is 4.74 Å². The molecule has 0 spiro atoms. The van der Waals surface area contributed by atoms with Crippen LogP contribution >= 0.6 is 0 Å². The van der Waals surface area contributed by atoms with E-state index in [2.05, 4.69) is 65.8 Å². The fraction of sp³-hybridized carbons (Fsp3) is 0.667. The lowest BCUT2D eigenvalue weighted by Gasteiger charge is -2.33. The molecule has 0 bridgehead atoms. The van der Waals surface area contributed by atoms with Gasteiger partial charge in [-0.15, -0.1) is 0 Å². The van der Waals surface area contributed by atoms with Crippen molar-refractivity contribution < 1.29 is 4.74 Å².